The molecule has 7 nitrogen and oxygen atoms in total. The monoisotopic (exact) mass is 489 g/mol. The lowest BCUT2D eigenvalue weighted by molar-refractivity contribution is 0.105. The van der Waals surface area contributed by atoms with Crippen LogP contribution in [0.1, 0.15) is 17.7 Å². The molecule has 0 atom stereocenters. The van der Waals surface area contributed by atoms with E-state index in [9.17, 15) is 5.11 Å². The van der Waals surface area contributed by atoms with Crippen molar-refractivity contribution in [2.24, 2.45) is 4.99 Å². The molecule has 1 heterocycles. The molecular weight excluding hydrogens is 461 g/mol. The number of aromatic hydroxyl groups is 1. The lowest BCUT2D eigenvalue weighted by Crippen LogP contribution is -2.39. The van der Waals surface area contributed by atoms with Crippen LogP contribution >= 0.6 is 24.0 Å². The summed E-state index contributed by atoms with van der Waals surface area (Å²) in [6.07, 6.45) is 3.19. The van der Waals surface area contributed by atoms with E-state index in [2.05, 4.69) is 15.6 Å². The Kier molecular flexibility index (Phi) is 11.3. The first-order valence-electron chi connectivity index (χ1n) is 8.63. The van der Waals surface area contributed by atoms with Gasteiger partial charge in [0.05, 0.1) is 13.4 Å². The van der Waals surface area contributed by atoms with E-state index < -0.39 is 0 Å². The van der Waals surface area contributed by atoms with Gasteiger partial charge in [-0.05, 0) is 36.6 Å². The number of rotatable bonds is 10. The van der Waals surface area contributed by atoms with Crippen LogP contribution in [0, 0.1) is 0 Å². The third-order valence-corrected chi connectivity index (χ3v) is 3.79. The number of hydrogen-bond donors (Lipinski definition) is 3. The Morgan fingerprint density at radius 3 is 2.70 bits per heavy atom. The van der Waals surface area contributed by atoms with Crippen molar-refractivity contribution < 1.29 is 19.0 Å². The molecule has 0 saturated heterocycles. The Balaban J connectivity index is 0.00000364. The second kappa shape index (κ2) is 13.3. The van der Waals surface area contributed by atoms with Crippen molar-refractivity contribution in [3.63, 3.8) is 0 Å². The van der Waals surface area contributed by atoms with Gasteiger partial charge in [-0.3, -0.25) is 4.99 Å². The Morgan fingerprint density at radius 2 is 2.04 bits per heavy atom. The molecule has 0 bridgehead atoms. The normalized spacial score (nSPS) is 11.0. The number of furan rings is 1. The van der Waals surface area contributed by atoms with Crippen LogP contribution in [0.5, 0.6) is 11.5 Å². The first-order chi connectivity index (χ1) is 12.7. The van der Waals surface area contributed by atoms with Gasteiger partial charge in [0.1, 0.15) is 23.9 Å². The average molecular weight is 489 g/mol. The number of nitrogens with one attached hydrogen (secondary N) is 2. The van der Waals surface area contributed by atoms with Crippen LogP contribution in [-0.2, 0) is 17.8 Å². The molecule has 0 saturated carbocycles. The minimum absolute atomic E-state index is 0. The minimum Gasteiger partial charge on any atom is -0.508 e. The number of hydrogen-bond acceptors (Lipinski definition) is 5. The van der Waals surface area contributed by atoms with Crippen molar-refractivity contribution in [1.29, 1.82) is 0 Å². The number of halogens is 1. The van der Waals surface area contributed by atoms with Gasteiger partial charge in [0.15, 0.2) is 5.96 Å². The molecule has 0 fully saturated rings. The van der Waals surface area contributed by atoms with Gasteiger partial charge in [-0.2, -0.15) is 0 Å². The van der Waals surface area contributed by atoms with Crippen LogP contribution in [-0.4, -0.2) is 44.9 Å². The molecule has 0 amide bonds. The first-order valence-corrected chi connectivity index (χ1v) is 8.63. The second-order valence-corrected chi connectivity index (χ2v) is 5.66. The molecular formula is C19H28IN3O4. The van der Waals surface area contributed by atoms with Crippen LogP contribution in [0.3, 0.4) is 0 Å². The number of aliphatic imine (C=N–C) groups is 1. The van der Waals surface area contributed by atoms with Gasteiger partial charge in [-0.1, -0.05) is 6.07 Å². The van der Waals surface area contributed by atoms with E-state index in [1.54, 1.807) is 26.5 Å². The van der Waals surface area contributed by atoms with Crippen molar-refractivity contribution in [3.05, 3.63) is 47.9 Å². The molecule has 0 unspecified atom stereocenters. The lowest BCUT2D eigenvalue weighted by Gasteiger charge is -2.12. The van der Waals surface area contributed by atoms with Crippen molar-refractivity contribution in [2.45, 2.75) is 19.4 Å². The third kappa shape index (κ3) is 8.53. The zero-order valence-corrected chi connectivity index (χ0v) is 18.1. The first kappa shape index (κ1) is 23.1. The number of phenols is 1. The minimum atomic E-state index is 0. The van der Waals surface area contributed by atoms with Gasteiger partial charge in [-0.15, -0.1) is 24.0 Å². The van der Waals surface area contributed by atoms with E-state index in [0.29, 0.717) is 31.9 Å². The van der Waals surface area contributed by atoms with Crippen LogP contribution in [0.4, 0.5) is 0 Å². The zero-order valence-electron chi connectivity index (χ0n) is 15.7. The van der Waals surface area contributed by atoms with E-state index in [-0.39, 0.29) is 29.7 Å². The van der Waals surface area contributed by atoms with Crippen molar-refractivity contribution >= 4 is 29.9 Å². The topological polar surface area (TPSA) is 88.3 Å². The maximum Gasteiger partial charge on any atom is 0.190 e. The molecule has 3 N–H and O–H groups in total. The summed E-state index contributed by atoms with van der Waals surface area (Å²) < 4.78 is 15.8. The van der Waals surface area contributed by atoms with E-state index in [1.165, 1.54) is 0 Å². The number of guanidine groups is 1. The third-order valence-electron chi connectivity index (χ3n) is 3.79. The van der Waals surface area contributed by atoms with E-state index in [1.807, 2.05) is 24.3 Å². The van der Waals surface area contributed by atoms with Gasteiger partial charge >= 0.3 is 0 Å². The highest BCUT2D eigenvalue weighted by atomic mass is 127. The quantitative estimate of drug-likeness (QED) is 0.206. The van der Waals surface area contributed by atoms with Gasteiger partial charge in [-0.25, -0.2) is 0 Å². The molecule has 2 aromatic rings. The van der Waals surface area contributed by atoms with E-state index >= 15 is 0 Å². The van der Waals surface area contributed by atoms with Gasteiger partial charge < -0.3 is 29.6 Å². The largest absolute Gasteiger partial charge is 0.508 e. The van der Waals surface area contributed by atoms with Crippen LogP contribution in [0.15, 0.2) is 46.0 Å². The van der Waals surface area contributed by atoms with Crippen molar-refractivity contribution in [1.82, 2.24) is 10.6 Å². The molecule has 8 heteroatoms. The molecule has 150 valence electrons. The van der Waals surface area contributed by atoms with E-state index in [0.717, 1.165) is 30.2 Å². The number of methoxy groups -OCH3 is 1. The summed E-state index contributed by atoms with van der Waals surface area (Å²) in [5, 5.41) is 16.4. The highest BCUT2D eigenvalue weighted by Gasteiger charge is 2.04. The smallest absolute Gasteiger partial charge is 0.190 e. The summed E-state index contributed by atoms with van der Waals surface area (Å²) in [6, 6.07) is 9.06. The molecule has 2 rings (SSSR count). The van der Waals surface area contributed by atoms with Crippen LogP contribution < -0.4 is 15.4 Å². The summed E-state index contributed by atoms with van der Waals surface area (Å²) in [7, 11) is 3.31. The maximum atomic E-state index is 9.96. The fourth-order valence-corrected chi connectivity index (χ4v) is 2.37. The zero-order chi connectivity index (χ0) is 18.6. The standard InChI is InChI=1S/C19H27N3O4.HI/c1-20-19(21-9-4-11-25-14-17-5-3-12-26-17)22-10-8-15-6-7-16(24-2)13-18(15)23;/h3,5-7,12-13,23H,4,8-11,14H2,1-2H3,(H2,20,21,22);1H. The molecule has 0 spiro atoms. The Bertz CT molecular complexity index is 678. The molecule has 0 aliphatic rings. The predicted molar refractivity (Wildman–Crippen MR) is 116 cm³/mol. The summed E-state index contributed by atoms with van der Waals surface area (Å²) >= 11 is 0. The summed E-state index contributed by atoms with van der Waals surface area (Å²) in [5.41, 5.74) is 0.861. The predicted octanol–water partition coefficient (Wildman–Crippen LogP) is 2.93. The van der Waals surface area contributed by atoms with Crippen LogP contribution in [0.25, 0.3) is 0 Å². The van der Waals surface area contributed by atoms with Crippen molar-refractivity contribution in [2.75, 3.05) is 33.9 Å². The summed E-state index contributed by atoms with van der Waals surface area (Å²) in [5.74, 6) is 2.44. The number of phenolic OH excluding ortho intramolecular Hbond substituents is 1. The van der Waals surface area contributed by atoms with Gasteiger partial charge in [0.2, 0.25) is 0 Å². The molecule has 0 aliphatic heterocycles. The van der Waals surface area contributed by atoms with Gasteiger partial charge in [0, 0.05) is 32.8 Å². The lowest BCUT2D eigenvalue weighted by atomic mass is 10.1. The number of benzene rings is 1. The highest BCUT2D eigenvalue weighted by Crippen LogP contribution is 2.23. The van der Waals surface area contributed by atoms with Crippen molar-refractivity contribution in [3.8, 4) is 11.5 Å². The molecule has 0 aliphatic carbocycles. The Hall–Kier alpha value is -1.94. The van der Waals surface area contributed by atoms with Crippen LogP contribution in [0.2, 0.25) is 0 Å². The van der Waals surface area contributed by atoms with Gasteiger partial charge in [0.25, 0.3) is 0 Å². The molecule has 1 aromatic carbocycles. The number of nitrogens with zero attached hydrogens (tertiary/aromatic N) is 1. The SMILES string of the molecule is CN=C(NCCCOCc1ccco1)NCCc1ccc(OC)cc1O.I. The van der Waals surface area contributed by atoms with E-state index in [4.69, 9.17) is 13.9 Å². The maximum absolute atomic E-state index is 9.96. The highest BCUT2D eigenvalue weighted by molar-refractivity contribution is 14.0. The number of ether oxygens (including phenoxy) is 2. The average Bonchev–Trinajstić information content (AvgIpc) is 3.17. The second-order valence-electron chi connectivity index (χ2n) is 5.66. The molecule has 0 radical (unpaired) electrons. The molecule has 27 heavy (non-hydrogen) atoms. The molecule has 1 aromatic heterocycles. The Labute approximate surface area is 177 Å². The summed E-state index contributed by atoms with van der Waals surface area (Å²) in [6.45, 7) is 2.55. The Morgan fingerprint density at radius 1 is 1.22 bits per heavy atom. The summed E-state index contributed by atoms with van der Waals surface area (Å²) in [4.78, 5) is 4.18. The fourth-order valence-electron chi connectivity index (χ4n) is 2.37. The fraction of sp³-hybridized carbons (Fsp3) is 0.421.